The number of aromatic nitrogens is 1. The van der Waals surface area contributed by atoms with E-state index in [1.165, 1.54) is 0 Å². The Labute approximate surface area is 156 Å². The summed E-state index contributed by atoms with van der Waals surface area (Å²) in [6, 6.07) is 16.8. The van der Waals surface area contributed by atoms with Gasteiger partial charge >= 0.3 is 0 Å². The third-order valence-electron chi connectivity index (χ3n) is 3.92. The van der Waals surface area contributed by atoms with E-state index in [1.54, 1.807) is 25.3 Å². The highest BCUT2D eigenvalue weighted by Gasteiger charge is 2.10. The van der Waals surface area contributed by atoms with Crippen molar-refractivity contribution in [2.45, 2.75) is 12.8 Å². The molecular formula is C20H19ClN2O3. The molecule has 0 aliphatic heterocycles. The molecule has 0 aliphatic rings. The highest BCUT2D eigenvalue weighted by molar-refractivity contribution is 6.30. The Hall–Kier alpha value is -2.79. The molecule has 0 saturated heterocycles. The van der Waals surface area contributed by atoms with Crippen molar-refractivity contribution in [3.8, 4) is 17.1 Å². The van der Waals surface area contributed by atoms with Gasteiger partial charge < -0.3 is 14.6 Å². The van der Waals surface area contributed by atoms with Gasteiger partial charge in [0.2, 0.25) is 5.91 Å². The van der Waals surface area contributed by atoms with E-state index < -0.39 is 0 Å². The molecule has 1 amide bonds. The first-order valence-corrected chi connectivity index (χ1v) is 8.63. The molecule has 0 atom stereocenters. The van der Waals surface area contributed by atoms with Crippen LogP contribution in [0.4, 0.5) is 0 Å². The first-order valence-electron chi connectivity index (χ1n) is 8.25. The quantitative estimate of drug-likeness (QED) is 0.685. The Bertz CT molecular complexity index is 858. The number of amides is 1. The van der Waals surface area contributed by atoms with Crippen molar-refractivity contribution in [2.75, 3.05) is 13.7 Å². The van der Waals surface area contributed by atoms with Crippen LogP contribution in [0.3, 0.4) is 0 Å². The Morgan fingerprint density at radius 2 is 1.88 bits per heavy atom. The minimum absolute atomic E-state index is 0.0885. The van der Waals surface area contributed by atoms with Crippen molar-refractivity contribution in [3.63, 3.8) is 0 Å². The molecule has 0 aliphatic carbocycles. The molecular weight excluding hydrogens is 352 g/mol. The molecule has 0 radical (unpaired) electrons. The largest absolute Gasteiger partial charge is 0.497 e. The summed E-state index contributed by atoms with van der Waals surface area (Å²) in [5, 5.41) is 7.51. The van der Waals surface area contributed by atoms with Crippen LogP contribution in [-0.2, 0) is 17.6 Å². The van der Waals surface area contributed by atoms with Crippen LogP contribution in [-0.4, -0.2) is 24.7 Å². The maximum Gasteiger partial charge on any atom is 0.226 e. The summed E-state index contributed by atoms with van der Waals surface area (Å²) in [4.78, 5) is 12.1. The van der Waals surface area contributed by atoms with Gasteiger partial charge in [-0.2, -0.15) is 0 Å². The average Bonchev–Trinajstić information content (AvgIpc) is 3.11. The van der Waals surface area contributed by atoms with Gasteiger partial charge in [-0.05, 0) is 48.4 Å². The molecule has 26 heavy (non-hydrogen) atoms. The monoisotopic (exact) mass is 370 g/mol. The predicted octanol–water partition coefficient (Wildman–Crippen LogP) is 3.91. The van der Waals surface area contributed by atoms with Gasteiger partial charge in [-0.15, -0.1) is 0 Å². The second-order valence-corrected chi connectivity index (χ2v) is 6.25. The normalized spacial score (nSPS) is 10.5. The number of hydrogen-bond acceptors (Lipinski definition) is 4. The van der Waals surface area contributed by atoms with Crippen molar-refractivity contribution in [1.82, 2.24) is 10.5 Å². The Balaban J connectivity index is 1.48. The summed E-state index contributed by atoms with van der Waals surface area (Å²) < 4.78 is 10.4. The molecule has 1 N–H and O–H groups in total. The molecule has 0 spiro atoms. The van der Waals surface area contributed by atoms with Gasteiger partial charge in [0.1, 0.15) is 5.75 Å². The molecule has 3 rings (SSSR count). The summed E-state index contributed by atoms with van der Waals surface area (Å²) in [5.74, 6) is 1.34. The molecule has 0 bridgehead atoms. The van der Waals surface area contributed by atoms with Crippen LogP contribution in [0.1, 0.15) is 11.3 Å². The lowest BCUT2D eigenvalue weighted by Crippen LogP contribution is -2.27. The minimum Gasteiger partial charge on any atom is -0.497 e. The van der Waals surface area contributed by atoms with Crippen LogP contribution in [0.5, 0.6) is 5.75 Å². The van der Waals surface area contributed by atoms with Gasteiger partial charge in [0.15, 0.2) is 5.76 Å². The standard InChI is InChI=1S/C20H19ClN2O3/c1-25-18-8-2-14(3-9-18)10-11-22-20(24)13-17-12-19(26-23-17)15-4-6-16(21)7-5-15/h2-9,12H,10-11,13H2,1H3,(H,22,24). The van der Waals surface area contributed by atoms with E-state index in [1.807, 2.05) is 36.4 Å². The Kier molecular flexibility index (Phi) is 5.92. The summed E-state index contributed by atoms with van der Waals surface area (Å²) in [6.45, 7) is 0.563. The van der Waals surface area contributed by atoms with E-state index in [0.29, 0.717) is 23.0 Å². The minimum atomic E-state index is -0.0885. The smallest absolute Gasteiger partial charge is 0.226 e. The van der Waals surface area contributed by atoms with Gasteiger partial charge in [0, 0.05) is 23.2 Å². The summed E-state index contributed by atoms with van der Waals surface area (Å²) in [6.07, 6.45) is 0.935. The fourth-order valence-corrected chi connectivity index (χ4v) is 2.64. The third-order valence-corrected chi connectivity index (χ3v) is 4.18. The lowest BCUT2D eigenvalue weighted by Gasteiger charge is -2.05. The summed E-state index contributed by atoms with van der Waals surface area (Å²) in [7, 11) is 1.64. The molecule has 0 unspecified atom stereocenters. The molecule has 1 aromatic heterocycles. The van der Waals surface area contributed by atoms with E-state index in [2.05, 4.69) is 10.5 Å². The lowest BCUT2D eigenvalue weighted by molar-refractivity contribution is -0.120. The zero-order valence-corrected chi connectivity index (χ0v) is 15.1. The average molecular weight is 371 g/mol. The Morgan fingerprint density at radius 1 is 1.15 bits per heavy atom. The van der Waals surface area contributed by atoms with E-state index in [4.69, 9.17) is 20.9 Å². The van der Waals surface area contributed by atoms with Crippen LogP contribution >= 0.6 is 11.6 Å². The maximum absolute atomic E-state index is 12.1. The van der Waals surface area contributed by atoms with Gasteiger partial charge in [-0.25, -0.2) is 0 Å². The van der Waals surface area contributed by atoms with Crippen LogP contribution in [0.25, 0.3) is 11.3 Å². The first kappa shape index (κ1) is 18.0. The van der Waals surface area contributed by atoms with E-state index in [0.717, 1.165) is 23.3 Å². The lowest BCUT2D eigenvalue weighted by atomic mass is 10.1. The zero-order valence-electron chi connectivity index (χ0n) is 14.4. The number of halogens is 1. The second kappa shape index (κ2) is 8.54. The summed E-state index contributed by atoms with van der Waals surface area (Å²) in [5.41, 5.74) is 2.60. The summed E-state index contributed by atoms with van der Waals surface area (Å²) >= 11 is 5.88. The fraction of sp³-hybridized carbons (Fsp3) is 0.200. The Morgan fingerprint density at radius 3 is 2.58 bits per heavy atom. The van der Waals surface area contributed by atoms with E-state index in [9.17, 15) is 4.79 Å². The molecule has 0 saturated carbocycles. The number of carbonyl (C=O) groups is 1. The van der Waals surface area contributed by atoms with Crippen molar-refractivity contribution in [1.29, 1.82) is 0 Å². The highest BCUT2D eigenvalue weighted by atomic mass is 35.5. The number of hydrogen-bond donors (Lipinski definition) is 1. The number of methoxy groups -OCH3 is 1. The molecule has 0 fully saturated rings. The second-order valence-electron chi connectivity index (χ2n) is 5.81. The number of nitrogens with zero attached hydrogens (tertiary/aromatic N) is 1. The van der Waals surface area contributed by atoms with Crippen molar-refractivity contribution in [2.24, 2.45) is 0 Å². The fourth-order valence-electron chi connectivity index (χ4n) is 2.51. The number of carbonyl (C=O) groups excluding carboxylic acids is 1. The molecule has 134 valence electrons. The number of benzene rings is 2. The van der Waals surface area contributed by atoms with Crippen LogP contribution in [0.2, 0.25) is 5.02 Å². The van der Waals surface area contributed by atoms with Gasteiger partial charge in [-0.1, -0.05) is 28.9 Å². The molecule has 1 heterocycles. The maximum atomic E-state index is 12.1. The molecule has 2 aromatic carbocycles. The van der Waals surface area contributed by atoms with Crippen molar-refractivity contribution >= 4 is 17.5 Å². The van der Waals surface area contributed by atoms with E-state index in [-0.39, 0.29) is 12.3 Å². The topological polar surface area (TPSA) is 64.4 Å². The van der Waals surface area contributed by atoms with Crippen molar-refractivity contribution < 1.29 is 14.1 Å². The van der Waals surface area contributed by atoms with Gasteiger partial charge in [0.25, 0.3) is 0 Å². The number of nitrogens with one attached hydrogen (secondary N) is 1. The van der Waals surface area contributed by atoms with Gasteiger partial charge in [-0.3, -0.25) is 4.79 Å². The number of rotatable bonds is 7. The molecule has 6 heteroatoms. The molecule has 3 aromatic rings. The first-order chi connectivity index (χ1) is 12.6. The number of ether oxygens (including phenoxy) is 1. The zero-order chi connectivity index (χ0) is 18.4. The van der Waals surface area contributed by atoms with Crippen LogP contribution in [0, 0.1) is 0 Å². The highest BCUT2D eigenvalue weighted by Crippen LogP contribution is 2.22. The van der Waals surface area contributed by atoms with Crippen LogP contribution in [0.15, 0.2) is 59.1 Å². The third kappa shape index (κ3) is 4.86. The van der Waals surface area contributed by atoms with Crippen LogP contribution < -0.4 is 10.1 Å². The van der Waals surface area contributed by atoms with Gasteiger partial charge in [0.05, 0.1) is 19.2 Å². The SMILES string of the molecule is COc1ccc(CCNC(=O)Cc2cc(-c3ccc(Cl)cc3)on2)cc1. The van der Waals surface area contributed by atoms with E-state index >= 15 is 0 Å². The molecule has 5 nitrogen and oxygen atoms in total. The van der Waals surface area contributed by atoms with Crippen molar-refractivity contribution in [3.05, 3.63) is 70.9 Å². The predicted molar refractivity (Wildman–Crippen MR) is 100 cm³/mol.